The molecule has 3 nitrogen and oxygen atoms in total. The Morgan fingerprint density at radius 2 is 2.31 bits per heavy atom. The number of anilines is 1. The van der Waals surface area contributed by atoms with Gasteiger partial charge in [-0.15, -0.1) is 0 Å². The SMILES string of the molecule is N=CCC=Nc1ccc(N)cc1F. The lowest BCUT2D eigenvalue weighted by molar-refractivity contribution is 0.630. The second-order valence-corrected chi connectivity index (χ2v) is 2.46. The Morgan fingerprint density at radius 3 is 2.92 bits per heavy atom. The normalized spacial score (nSPS) is 10.5. The lowest BCUT2D eigenvalue weighted by Gasteiger charge is -1.96. The third-order valence-electron chi connectivity index (χ3n) is 1.43. The van der Waals surface area contributed by atoms with Crippen LogP contribution in [0.4, 0.5) is 15.8 Å². The zero-order chi connectivity index (χ0) is 9.68. The maximum Gasteiger partial charge on any atom is 0.150 e. The largest absolute Gasteiger partial charge is 0.399 e. The molecule has 0 radical (unpaired) electrons. The monoisotopic (exact) mass is 179 g/mol. The van der Waals surface area contributed by atoms with Gasteiger partial charge in [-0.1, -0.05) is 0 Å². The van der Waals surface area contributed by atoms with E-state index < -0.39 is 5.82 Å². The molecule has 0 saturated carbocycles. The van der Waals surface area contributed by atoms with Gasteiger partial charge in [0.2, 0.25) is 0 Å². The Kier molecular flexibility index (Phi) is 3.14. The number of hydrogen-bond acceptors (Lipinski definition) is 3. The number of rotatable bonds is 3. The highest BCUT2D eigenvalue weighted by atomic mass is 19.1. The molecule has 1 aromatic carbocycles. The zero-order valence-corrected chi connectivity index (χ0v) is 7.00. The van der Waals surface area contributed by atoms with Crippen LogP contribution in [0.15, 0.2) is 23.2 Å². The Morgan fingerprint density at radius 1 is 1.54 bits per heavy atom. The summed E-state index contributed by atoms with van der Waals surface area (Å²) in [5, 5.41) is 6.73. The van der Waals surface area contributed by atoms with Gasteiger partial charge in [0, 0.05) is 24.5 Å². The van der Waals surface area contributed by atoms with Crippen LogP contribution in [0.1, 0.15) is 6.42 Å². The smallest absolute Gasteiger partial charge is 0.150 e. The third kappa shape index (κ3) is 2.66. The highest BCUT2D eigenvalue weighted by molar-refractivity contribution is 5.79. The summed E-state index contributed by atoms with van der Waals surface area (Å²) in [5.41, 5.74) is 5.98. The van der Waals surface area contributed by atoms with E-state index in [1.165, 1.54) is 24.6 Å². The molecule has 0 aliphatic rings. The predicted octanol–water partition coefficient (Wildman–Crippen LogP) is 2.15. The first kappa shape index (κ1) is 9.38. The van der Waals surface area contributed by atoms with Crippen LogP contribution >= 0.6 is 0 Å². The number of nitrogens with one attached hydrogen (secondary N) is 1. The maximum absolute atomic E-state index is 13.0. The standard InChI is InChI=1S/C9H10FN3/c10-8-6-7(12)2-3-9(8)13-5-1-4-11/h2-6,11H,1,12H2. The molecule has 1 rings (SSSR count). The van der Waals surface area contributed by atoms with E-state index in [2.05, 4.69) is 4.99 Å². The molecule has 0 spiro atoms. The fourth-order valence-electron chi connectivity index (χ4n) is 0.832. The van der Waals surface area contributed by atoms with Crippen molar-refractivity contribution >= 4 is 23.8 Å². The minimum atomic E-state index is -0.443. The van der Waals surface area contributed by atoms with Crippen molar-refractivity contribution in [3.63, 3.8) is 0 Å². The molecule has 0 fully saturated rings. The zero-order valence-electron chi connectivity index (χ0n) is 7.00. The molecule has 1 aromatic rings. The molecular formula is C9H10FN3. The molecule has 0 heterocycles. The highest BCUT2D eigenvalue weighted by Gasteiger charge is 1.98. The van der Waals surface area contributed by atoms with Gasteiger partial charge in [0.25, 0.3) is 0 Å². The average molecular weight is 179 g/mol. The van der Waals surface area contributed by atoms with Crippen LogP contribution in [0, 0.1) is 11.2 Å². The van der Waals surface area contributed by atoms with Gasteiger partial charge in [0.15, 0.2) is 5.82 Å². The van der Waals surface area contributed by atoms with E-state index in [4.69, 9.17) is 11.1 Å². The summed E-state index contributed by atoms with van der Waals surface area (Å²) in [6.07, 6.45) is 3.07. The van der Waals surface area contributed by atoms with Crippen molar-refractivity contribution in [3.05, 3.63) is 24.0 Å². The van der Waals surface area contributed by atoms with Crippen molar-refractivity contribution < 1.29 is 4.39 Å². The summed E-state index contributed by atoms with van der Waals surface area (Å²) in [7, 11) is 0. The van der Waals surface area contributed by atoms with Crippen LogP contribution in [-0.2, 0) is 0 Å². The molecule has 0 aliphatic carbocycles. The first-order valence-corrected chi connectivity index (χ1v) is 3.80. The molecule has 0 saturated heterocycles. The molecular weight excluding hydrogens is 169 g/mol. The van der Waals surface area contributed by atoms with Crippen molar-refractivity contribution in [2.24, 2.45) is 4.99 Å². The quantitative estimate of drug-likeness (QED) is 0.542. The average Bonchev–Trinajstić information content (AvgIpc) is 2.09. The minimum absolute atomic E-state index is 0.246. The van der Waals surface area contributed by atoms with E-state index in [-0.39, 0.29) is 5.69 Å². The Bertz CT molecular complexity index is 334. The van der Waals surface area contributed by atoms with E-state index in [9.17, 15) is 4.39 Å². The summed E-state index contributed by atoms with van der Waals surface area (Å²) in [4.78, 5) is 3.83. The van der Waals surface area contributed by atoms with E-state index in [1.807, 2.05) is 0 Å². The van der Waals surface area contributed by atoms with Crippen molar-refractivity contribution in [3.8, 4) is 0 Å². The Balaban J connectivity index is 2.83. The summed E-state index contributed by atoms with van der Waals surface area (Å²) in [6, 6.07) is 4.31. The molecule has 0 bridgehead atoms. The molecule has 0 unspecified atom stereocenters. The van der Waals surface area contributed by atoms with Crippen molar-refractivity contribution in [1.82, 2.24) is 0 Å². The fourth-order valence-corrected chi connectivity index (χ4v) is 0.832. The highest BCUT2D eigenvalue weighted by Crippen LogP contribution is 2.19. The Labute approximate surface area is 75.6 Å². The molecule has 3 N–H and O–H groups in total. The van der Waals surface area contributed by atoms with Crippen LogP contribution in [0.3, 0.4) is 0 Å². The molecule has 0 atom stereocenters. The van der Waals surface area contributed by atoms with Crippen LogP contribution in [0.25, 0.3) is 0 Å². The van der Waals surface area contributed by atoms with Gasteiger partial charge in [-0.3, -0.25) is 4.99 Å². The van der Waals surface area contributed by atoms with Gasteiger partial charge in [0.1, 0.15) is 0 Å². The lowest BCUT2D eigenvalue weighted by Crippen LogP contribution is -1.85. The molecule has 0 aliphatic heterocycles. The topological polar surface area (TPSA) is 62.2 Å². The van der Waals surface area contributed by atoms with E-state index in [0.717, 1.165) is 0 Å². The van der Waals surface area contributed by atoms with E-state index >= 15 is 0 Å². The maximum atomic E-state index is 13.0. The first-order valence-electron chi connectivity index (χ1n) is 3.80. The van der Waals surface area contributed by atoms with Crippen LogP contribution in [0.5, 0.6) is 0 Å². The van der Waals surface area contributed by atoms with E-state index in [1.54, 1.807) is 6.07 Å². The van der Waals surface area contributed by atoms with Crippen molar-refractivity contribution in [2.45, 2.75) is 6.42 Å². The second kappa shape index (κ2) is 4.35. The first-order chi connectivity index (χ1) is 6.24. The van der Waals surface area contributed by atoms with Gasteiger partial charge in [-0.05, 0) is 18.2 Å². The summed E-state index contributed by atoms with van der Waals surface area (Å²) < 4.78 is 13.0. The molecule has 13 heavy (non-hydrogen) atoms. The van der Waals surface area contributed by atoms with Crippen LogP contribution in [-0.4, -0.2) is 12.4 Å². The van der Waals surface area contributed by atoms with Gasteiger partial charge in [0.05, 0.1) is 5.69 Å². The third-order valence-corrected chi connectivity index (χ3v) is 1.43. The number of nitrogens with zero attached hydrogens (tertiary/aromatic N) is 1. The van der Waals surface area contributed by atoms with Gasteiger partial charge in [-0.25, -0.2) is 4.39 Å². The van der Waals surface area contributed by atoms with Gasteiger partial charge in [-0.2, -0.15) is 0 Å². The number of hydrogen-bond donors (Lipinski definition) is 2. The van der Waals surface area contributed by atoms with Gasteiger partial charge < -0.3 is 11.1 Å². The number of aliphatic imine (C=N–C) groups is 1. The van der Waals surface area contributed by atoms with Crippen molar-refractivity contribution in [2.75, 3.05) is 5.73 Å². The lowest BCUT2D eigenvalue weighted by atomic mass is 10.3. The van der Waals surface area contributed by atoms with Crippen LogP contribution < -0.4 is 5.73 Å². The number of benzene rings is 1. The second-order valence-electron chi connectivity index (χ2n) is 2.46. The summed E-state index contributed by atoms with van der Waals surface area (Å²) in [6.45, 7) is 0. The molecule has 68 valence electrons. The predicted molar refractivity (Wildman–Crippen MR) is 52.4 cm³/mol. The molecule has 4 heteroatoms. The fraction of sp³-hybridized carbons (Fsp3) is 0.111. The minimum Gasteiger partial charge on any atom is -0.399 e. The van der Waals surface area contributed by atoms with Crippen LogP contribution in [0.2, 0.25) is 0 Å². The summed E-state index contributed by atoms with van der Waals surface area (Å²) >= 11 is 0. The van der Waals surface area contributed by atoms with Crippen molar-refractivity contribution in [1.29, 1.82) is 5.41 Å². The summed E-state index contributed by atoms with van der Waals surface area (Å²) in [5.74, 6) is -0.443. The molecule has 0 amide bonds. The number of nitrogen functional groups attached to an aromatic ring is 1. The number of halogens is 1. The Hall–Kier alpha value is -1.71. The van der Waals surface area contributed by atoms with Gasteiger partial charge >= 0.3 is 0 Å². The molecule has 0 aromatic heterocycles. The van der Waals surface area contributed by atoms with E-state index in [0.29, 0.717) is 12.1 Å². The number of nitrogens with two attached hydrogens (primary N) is 1.